The molecule has 0 saturated carbocycles. The van der Waals surface area contributed by atoms with E-state index in [-0.39, 0.29) is 10.7 Å². The van der Waals surface area contributed by atoms with E-state index in [1.807, 2.05) is 32.0 Å². The van der Waals surface area contributed by atoms with Crippen LogP contribution in [-0.2, 0) is 0 Å². The number of benzene rings is 1. The first-order valence-corrected chi connectivity index (χ1v) is 6.40. The summed E-state index contributed by atoms with van der Waals surface area (Å²) in [7, 11) is 0. The normalized spacial score (nSPS) is 12.3. The molecule has 1 rings (SSSR count). The highest BCUT2D eigenvalue weighted by molar-refractivity contribution is 9.10. The SMILES string of the molecule is Cc1cccc(C(=O)NCC(C)Br)c1Br. The fraction of sp³-hybridized carbons (Fsp3) is 0.364. The van der Waals surface area contributed by atoms with Crippen molar-refractivity contribution in [3.63, 3.8) is 0 Å². The molecule has 1 aromatic carbocycles. The highest BCUT2D eigenvalue weighted by atomic mass is 79.9. The van der Waals surface area contributed by atoms with Crippen LogP contribution in [0.25, 0.3) is 0 Å². The highest BCUT2D eigenvalue weighted by Gasteiger charge is 2.11. The largest absolute Gasteiger partial charge is 0.351 e. The van der Waals surface area contributed by atoms with Crippen molar-refractivity contribution in [3.05, 3.63) is 33.8 Å². The summed E-state index contributed by atoms with van der Waals surface area (Å²) in [5, 5.41) is 2.85. The second kappa shape index (κ2) is 5.66. The molecule has 0 bridgehead atoms. The maximum absolute atomic E-state index is 11.8. The lowest BCUT2D eigenvalue weighted by molar-refractivity contribution is 0.0953. The maximum atomic E-state index is 11.8. The number of hydrogen-bond acceptors (Lipinski definition) is 1. The quantitative estimate of drug-likeness (QED) is 0.844. The molecule has 1 atom stereocenters. The van der Waals surface area contributed by atoms with Crippen LogP contribution < -0.4 is 5.32 Å². The first-order chi connectivity index (χ1) is 7.02. The van der Waals surface area contributed by atoms with Gasteiger partial charge in [-0.2, -0.15) is 0 Å². The minimum absolute atomic E-state index is 0.0446. The molecule has 0 spiro atoms. The smallest absolute Gasteiger partial charge is 0.252 e. The van der Waals surface area contributed by atoms with Crippen LogP contribution in [0.2, 0.25) is 0 Å². The number of carbonyl (C=O) groups is 1. The van der Waals surface area contributed by atoms with Crippen molar-refractivity contribution in [3.8, 4) is 0 Å². The number of carbonyl (C=O) groups excluding carboxylic acids is 1. The fourth-order valence-electron chi connectivity index (χ4n) is 1.15. The van der Waals surface area contributed by atoms with Crippen molar-refractivity contribution >= 4 is 37.8 Å². The van der Waals surface area contributed by atoms with Crippen LogP contribution in [-0.4, -0.2) is 17.3 Å². The molecule has 1 amide bonds. The Balaban J connectivity index is 2.78. The predicted molar refractivity (Wildman–Crippen MR) is 69.6 cm³/mol. The molecule has 0 aliphatic rings. The van der Waals surface area contributed by atoms with E-state index < -0.39 is 0 Å². The second-order valence-electron chi connectivity index (χ2n) is 3.43. The zero-order valence-corrected chi connectivity index (χ0v) is 11.9. The summed E-state index contributed by atoms with van der Waals surface area (Å²) >= 11 is 6.80. The molecule has 0 aromatic heterocycles. The van der Waals surface area contributed by atoms with Gasteiger partial charge in [-0.25, -0.2) is 0 Å². The third kappa shape index (κ3) is 3.61. The van der Waals surface area contributed by atoms with Gasteiger partial charge < -0.3 is 5.32 Å². The number of rotatable bonds is 3. The third-order valence-electron chi connectivity index (χ3n) is 1.98. The molecule has 1 unspecified atom stereocenters. The van der Waals surface area contributed by atoms with E-state index in [1.165, 1.54) is 0 Å². The van der Waals surface area contributed by atoms with Crippen molar-refractivity contribution in [1.82, 2.24) is 5.32 Å². The van der Waals surface area contributed by atoms with E-state index in [0.29, 0.717) is 12.1 Å². The molecule has 15 heavy (non-hydrogen) atoms. The summed E-state index contributed by atoms with van der Waals surface area (Å²) in [5.74, 6) is -0.0446. The number of aryl methyl sites for hydroxylation is 1. The van der Waals surface area contributed by atoms with Crippen LogP contribution >= 0.6 is 31.9 Å². The van der Waals surface area contributed by atoms with Crippen LogP contribution in [0.3, 0.4) is 0 Å². The third-order valence-corrected chi connectivity index (χ3v) is 3.36. The fourth-order valence-corrected chi connectivity index (χ4v) is 1.76. The number of amides is 1. The first kappa shape index (κ1) is 12.7. The lowest BCUT2D eigenvalue weighted by atomic mass is 10.1. The van der Waals surface area contributed by atoms with Crippen molar-refractivity contribution in [2.45, 2.75) is 18.7 Å². The van der Waals surface area contributed by atoms with Crippen LogP contribution in [0.15, 0.2) is 22.7 Å². The van der Waals surface area contributed by atoms with Gasteiger partial charge in [0.1, 0.15) is 0 Å². The van der Waals surface area contributed by atoms with Gasteiger partial charge in [0.15, 0.2) is 0 Å². The van der Waals surface area contributed by atoms with Gasteiger partial charge >= 0.3 is 0 Å². The van der Waals surface area contributed by atoms with Crippen molar-refractivity contribution < 1.29 is 4.79 Å². The van der Waals surface area contributed by atoms with Gasteiger partial charge in [0.2, 0.25) is 0 Å². The molecule has 1 N–H and O–H groups in total. The number of hydrogen-bond donors (Lipinski definition) is 1. The van der Waals surface area contributed by atoms with E-state index in [9.17, 15) is 4.79 Å². The molecular weight excluding hydrogens is 322 g/mol. The number of nitrogens with one attached hydrogen (secondary N) is 1. The second-order valence-corrected chi connectivity index (χ2v) is 5.78. The van der Waals surface area contributed by atoms with Crippen LogP contribution in [0.4, 0.5) is 0 Å². The van der Waals surface area contributed by atoms with Gasteiger partial charge in [-0.3, -0.25) is 4.79 Å². The molecule has 0 heterocycles. The average molecular weight is 335 g/mol. The minimum Gasteiger partial charge on any atom is -0.351 e. The van der Waals surface area contributed by atoms with Crippen molar-refractivity contribution in [2.24, 2.45) is 0 Å². The summed E-state index contributed by atoms with van der Waals surface area (Å²) in [6.07, 6.45) is 0. The molecule has 82 valence electrons. The van der Waals surface area contributed by atoms with Crippen LogP contribution in [0.5, 0.6) is 0 Å². The monoisotopic (exact) mass is 333 g/mol. The van der Waals surface area contributed by atoms with E-state index in [1.54, 1.807) is 0 Å². The predicted octanol–water partition coefficient (Wildman–Crippen LogP) is 3.27. The summed E-state index contributed by atoms with van der Waals surface area (Å²) in [4.78, 5) is 12.0. The van der Waals surface area contributed by atoms with Gasteiger partial charge in [0, 0.05) is 15.8 Å². The topological polar surface area (TPSA) is 29.1 Å². The average Bonchev–Trinajstić information content (AvgIpc) is 2.18. The molecule has 2 nitrogen and oxygen atoms in total. The lowest BCUT2D eigenvalue weighted by Gasteiger charge is -2.09. The molecule has 1 aromatic rings. The van der Waals surface area contributed by atoms with E-state index >= 15 is 0 Å². The Bertz CT molecular complexity index is 364. The molecular formula is C11H13Br2NO. The zero-order valence-electron chi connectivity index (χ0n) is 8.68. The molecule has 0 aliphatic heterocycles. The Morgan fingerprint density at radius 3 is 2.80 bits per heavy atom. The summed E-state index contributed by atoms with van der Waals surface area (Å²) in [5.41, 5.74) is 1.75. The van der Waals surface area contributed by atoms with Gasteiger partial charge in [0.05, 0.1) is 5.56 Å². The van der Waals surface area contributed by atoms with Crippen molar-refractivity contribution in [1.29, 1.82) is 0 Å². The van der Waals surface area contributed by atoms with Crippen molar-refractivity contribution in [2.75, 3.05) is 6.54 Å². The molecule has 0 aliphatic carbocycles. The highest BCUT2D eigenvalue weighted by Crippen LogP contribution is 2.20. The van der Waals surface area contributed by atoms with E-state index in [2.05, 4.69) is 37.2 Å². The maximum Gasteiger partial charge on any atom is 0.252 e. The van der Waals surface area contributed by atoms with E-state index in [4.69, 9.17) is 0 Å². The molecule has 0 radical (unpaired) electrons. The van der Waals surface area contributed by atoms with Gasteiger partial charge in [-0.15, -0.1) is 0 Å². The summed E-state index contributed by atoms with van der Waals surface area (Å²) in [6.45, 7) is 4.58. The zero-order chi connectivity index (χ0) is 11.4. The Hall–Kier alpha value is -0.350. The van der Waals surface area contributed by atoms with Crippen LogP contribution in [0.1, 0.15) is 22.8 Å². The van der Waals surface area contributed by atoms with Gasteiger partial charge in [-0.1, -0.05) is 35.0 Å². The summed E-state index contributed by atoms with van der Waals surface area (Å²) in [6, 6.07) is 5.66. The lowest BCUT2D eigenvalue weighted by Crippen LogP contribution is -2.28. The Kier molecular flexibility index (Phi) is 4.80. The minimum atomic E-state index is -0.0446. The van der Waals surface area contributed by atoms with Gasteiger partial charge in [0.25, 0.3) is 5.91 Å². The first-order valence-electron chi connectivity index (χ1n) is 4.69. The molecule has 4 heteroatoms. The number of halogens is 2. The van der Waals surface area contributed by atoms with E-state index in [0.717, 1.165) is 10.0 Å². The summed E-state index contributed by atoms with van der Waals surface area (Å²) < 4.78 is 0.865. The molecule has 0 saturated heterocycles. The Morgan fingerprint density at radius 1 is 1.53 bits per heavy atom. The van der Waals surface area contributed by atoms with Gasteiger partial charge in [-0.05, 0) is 34.5 Å². The van der Waals surface area contributed by atoms with Crippen LogP contribution in [0, 0.1) is 6.92 Å². The molecule has 0 fully saturated rings. The number of alkyl halides is 1. The Morgan fingerprint density at radius 2 is 2.20 bits per heavy atom. The Labute approximate surface area is 107 Å². The standard InChI is InChI=1S/C11H13Br2NO/c1-7-4-3-5-9(10(7)13)11(15)14-6-8(2)12/h3-5,8H,6H2,1-2H3,(H,14,15).